The third-order valence-electron chi connectivity index (χ3n) is 4.85. The second-order valence-corrected chi connectivity index (χ2v) is 7.00. The Kier molecular flexibility index (Phi) is 7.35. The van der Waals surface area contributed by atoms with Crippen LogP contribution >= 0.6 is 0 Å². The largest absolute Gasteiger partial charge is 0.486 e. The van der Waals surface area contributed by atoms with Gasteiger partial charge < -0.3 is 14.5 Å². The smallest absolute Gasteiger partial charge is 0.333 e. The summed E-state index contributed by atoms with van der Waals surface area (Å²) < 4.78 is 11.0. The lowest BCUT2D eigenvalue weighted by atomic mass is 10.0. The summed E-state index contributed by atoms with van der Waals surface area (Å²) in [5, 5.41) is 2.74. The van der Waals surface area contributed by atoms with Gasteiger partial charge in [-0.3, -0.25) is 10.2 Å². The van der Waals surface area contributed by atoms with Crippen molar-refractivity contribution in [3.63, 3.8) is 0 Å². The molecule has 1 aliphatic carbocycles. The van der Waals surface area contributed by atoms with Crippen LogP contribution in [0.1, 0.15) is 54.8 Å². The number of urea groups is 1. The van der Waals surface area contributed by atoms with Gasteiger partial charge in [0.2, 0.25) is 0 Å². The molecule has 7 heteroatoms. The number of hydrogen-bond donors (Lipinski definition) is 3. The standard InChI is InChI=1S/C21H27N3O4/c25-20(23-24-21(26)22-14-6-9-16-7-4-5-8-16)19-13-12-18(28-19)15-27-17-10-2-1-3-11-17/h1-3,10-13,16H,4-9,14-15H2,(H,23,25)(H2,22,24,26). The first-order valence-corrected chi connectivity index (χ1v) is 9.81. The molecule has 3 rings (SSSR count). The molecule has 150 valence electrons. The van der Waals surface area contributed by atoms with Gasteiger partial charge >= 0.3 is 11.9 Å². The monoisotopic (exact) mass is 385 g/mol. The van der Waals surface area contributed by atoms with Gasteiger partial charge in [0, 0.05) is 6.54 Å². The first-order chi connectivity index (χ1) is 13.7. The van der Waals surface area contributed by atoms with Crippen molar-refractivity contribution in [3.8, 4) is 5.75 Å². The molecule has 1 heterocycles. The molecule has 0 saturated heterocycles. The number of carbonyl (C=O) groups excluding carboxylic acids is 2. The van der Waals surface area contributed by atoms with Crippen LogP contribution in [0.15, 0.2) is 46.9 Å². The minimum absolute atomic E-state index is 0.105. The molecule has 1 aliphatic rings. The number of furan rings is 1. The number of para-hydroxylation sites is 1. The van der Waals surface area contributed by atoms with Gasteiger partial charge in [-0.15, -0.1) is 0 Å². The highest BCUT2D eigenvalue weighted by Crippen LogP contribution is 2.28. The third kappa shape index (κ3) is 6.33. The van der Waals surface area contributed by atoms with E-state index in [1.54, 1.807) is 12.1 Å². The summed E-state index contributed by atoms with van der Waals surface area (Å²) in [5.74, 6) is 1.63. The third-order valence-corrected chi connectivity index (χ3v) is 4.85. The zero-order valence-corrected chi connectivity index (χ0v) is 15.9. The van der Waals surface area contributed by atoms with Crippen molar-refractivity contribution in [2.24, 2.45) is 5.92 Å². The summed E-state index contributed by atoms with van der Waals surface area (Å²) in [6, 6.07) is 12.1. The lowest BCUT2D eigenvalue weighted by molar-refractivity contribution is 0.0904. The van der Waals surface area contributed by atoms with E-state index in [2.05, 4.69) is 16.2 Å². The Bertz CT molecular complexity index is 754. The van der Waals surface area contributed by atoms with E-state index in [0.717, 1.165) is 24.5 Å². The maximum Gasteiger partial charge on any atom is 0.333 e. The molecule has 1 aromatic carbocycles. The summed E-state index contributed by atoms with van der Waals surface area (Å²) in [4.78, 5) is 23.8. The highest BCUT2D eigenvalue weighted by Gasteiger charge is 2.15. The topological polar surface area (TPSA) is 92.6 Å². The number of hydrazine groups is 1. The van der Waals surface area contributed by atoms with Crippen molar-refractivity contribution in [2.45, 2.75) is 45.1 Å². The normalized spacial score (nSPS) is 13.9. The lowest BCUT2D eigenvalue weighted by Gasteiger charge is -2.10. The van der Waals surface area contributed by atoms with Gasteiger partial charge in [-0.05, 0) is 43.0 Å². The van der Waals surface area contributed by atoms with E-state index in [9.17, 15) is 9.59 Å². The van der Waals surface area contributed by atoms with Crippen molar-refractivity contribution >= 4 is 11.9 Å². The number of nitrogens with one attached hydrogen (secondary N) is 3. The van der Waals surface area contributed by atoms with Gasteiger partial charge in [0.15, 0.2) is 5.76 Å². The number of benzene rings is 1. The number of rotatable bonds is 8. The van der Waals surface area contributed by atoms with Crippen LogP contribution in [-0.4, -0.2) is 18.5 Å². The van der Waals surface area contributed by atoms with Crippen LogP contribution in [0, 0.1) is 5.92 Å². The van der Waals surface area contributed by atoms with Crippen molar-refractivity contribution in [3.05, 3.63) is 54.0 Å². The fourth-order valence-electron chi connectivity index (χ4n) is 3.36. The van der Waals surface area contributed by atoms with Crippen LogP contribution in [0.2, 0.25) is 0 Å². The number of amides is 3. The van der Waals surface area contributed by atoms with Gasteiger partial charge in [-0.1, -0.05) is 43.9 Å². The first kappa shape index (κ1) is 19.8. The van der Waals surface area contributed by atoms with Crippen LogP contribution in [0.3, 0.4) is 0 Å². The SMILES string of the molecule is O=C(NCCCC1CCCC1)NNC(=O)c1ccc(COc2ccccc2)o1. The first-order valence-electron chi connectivity index (χ1n) is 9.81. The van der Waals surface area contributed by atoms with Crippen molar-refractivity contribution in [1.82, 2.24) is 16.2 Å². The fraction of sp³-hybridized carbons (Fsp3) is 0.429. The van der Waals surface area contributed by atoms with Crippen LogP contribution < -0.4 is 20.9 Å². The predicted octanol–water partition coefficient (Wildman–Crippen LogP) is 3.77. The van der Waals surface area contributed by atoms with E-state index in [4.69, 9.17) is 9.15 Å². The molecule has 3 amide bonds. The van der Waals surface area contributed by atoms with E-state index in [0.29, 0.717) is 12.3 Å². The molecule has 0 aliphatic heterocycles. The molecule has 1 saturated carbocycles. The van der Waals surface area contributed by atoms with Gasteiger partial charge in [0.25, 0.3) is 0 Å². The average molecular weight is 385 g/mol. The van der Waals surface area contributed by atoms with Crippen molar-refractivity contribution in [1.29, 1.82) is 0 Å². The zero-order chi connectivity index (χ0) is 19.6. The molecule has 0 unspecified atom stereocenters. The molecule has 7 nitrogen and oxygen atoms in total. The number of carbonyl (C=O) groups is 2. The Balaban J connectivity index is 1.31. The van der Waals surface area contributed by atoms with Gasteiger partial charge in [-0.2, -0.15) is 0 Å². The Morgan fingerprint density at radius 3 is 2.61 bits per heavy atom. The Morgan fingerprint density at radius 1 is 1.04 bits per heavy atom. The molecule has 0 bridgehead atoms. The van der Waals surface area contributed by atoms with E-state index < -0.39 is 11.9 Å². The highest BCUT2D eigenvalue weighted by atomic mass is 16.5. The Labute approximate surface area is 164 Å². The molecule has 2 aromatic rings. The Hall–Kier alpha value is -2.96. The Morgan fingerprint density at radius 2 is 1.82 bits per heavy atom. The fourth-order valence-corrected chi connectivity index (χ4v) is 3.36. The second-order valence-electron chi connectivity index (χ2n) is 7.00. The maximum atomic E-state index is 12.1. The molecular formula is C21H27N3O4. The van der Waals surface area contributed by atoms with Crippen molar-refractivity contribution < 1.29 is 18.7 Å². The van der Waals surface area contributed by atoms with Gasteiger partial charge in [0.05, 0.1) is 0 Å². The zero-order valence-electron chi connectivity index (χ0n) is 15.9. The van der Waals surface area contributed by atoms with E-state index in [-0.39, 0.29) is 12.4 Å². The summed E-state index contributed by atoms with van der Waals surface area (Å²) >= 11 is 0. The molecule has 1 aromatic heterocycles. The van der Waals surface area contributed by atoms with E-state index in [1.807, 2.05) is 30.3 Å². The lowest BCUT2D eigenvalue weighted by Crippen LogP contribution is -2.47. The summed E-state index contributed by atoms with van der Waals surface area (Å²) in [7, 11) is 0. The van der Waals surface area contributed by atoms with Gasteiger partial charge in [0.1, 0.15) is 18.1 Å². The summed E-state index contributed by atoms with van der Waals surface area (Å²) in [6.07, 6.45) is 7.38. The molecule has 0 spiro atoms. The van der Waals surface area contributed by atoms with Crippen LogP contribution in [0.5, 0.6) is 5.75 Å². The predicted molar refractivity (Wildman–Crippen MR) is 105 cm³/mol. The van der Waals surface area contributed by atoms with E-state index in [1.165, 1.54) is 25.7 Å². The second kappa shape index (κ2) is 10.4. The highest BCUT2D eigenvalue weighted by molar-refractivity contribution is 5.92. The summed E-state index contributed by atoms with van der Waals surface area (Å²) in [6.45, 7) is 0.812. The number of ether oxygens (including phenoxy) is 1. The summed E-state index contributed by atoms with van der Waals surface area (Å²) in [5.41, 5.74) is 4.67. The molecule has 0 radical (unpaired) electrons. The molecule has 0 atom stereocenters. The minimum atomic E-state index is -0.521. The molecule has 3 N–H and O–H groups in total. The molecule has 28 heavy (non-hydrogen) atoms. The quantitative estimate of drug-likeness (QED) is 0.476. The molecule has 1 fully saturated rings. The average Bonchev–Trinajstić information content (AvgIpc) is 3.41. The van der Waals surface area contributed by atoms with Crippen LogP contribution in [-0.2, 0) is 6.61 Å². The van der Waals surface area contributed by atoms with E-state index >= 15 is 0 Å². The minimum Gasteiger partial charge on any atom is -0.486 e. The van der Waals surface area contributed by atoms with Crippen LogP contribution in [0.4, 0.5) is 4.79 Å². The van der Waals surface area contributed by atoms with Crippen LogP contribution in [0.25, 0.3) is 0 Å². The molecular weight excluding hydrogens is 358 g/mol. The number of hydrogen-bond acceptors (Lipinski definition) is 4. The van der Waals surface area contributed by atoms with Crippen molar-refractivity contribution in [2.75, 3.05) is 6.54 Å². The maximum absolute atomic E-state index is 12.1. The van der Waals surface area contributed by atoms with Gasteiger partial charge in [-0.25, -0.2) is 10.2 Å².